The number of amides is 1. The first kappa shape index (κ1) is 18.0. The van der Waals surface area contributed by atoms with Gasteiger partial charge in [0.05, 0.1) is 5.52 Å². The van der Waals surface area contributed by atoms with Crippen molar-refractivity contribution in [1.29, 1.82) is 0 Å². The summed E-state index contributed by atoms with van der Waals surface area (Å²) < 4.78 is 1.82. The fraction of sp³-hybridized carbons (Fsp3) is 0.400. The van der Waals surface area contributed by atoms with Gasteiger partial charge in [0.15, 0.2) is 5.82 Å². The molecule has 0 radical (unpaired) electrons. The van der Waals surface area contributed by atoms with E-state index < -0.39 is 0 Å². The summed E-state index contributed by atoms with van der Waals surface area (Å²) in [5.41, 5.74) is 2.10. The summed E-state index contributed by atoms with van der Waals surface area (Å²) in [5.74, 6) is 2.51. The summed E-state index contributed by atoms with van der Waals surface area (Å²) in [4.78, 5) is 24.8. The molecule has 140 valence electrons. The molecule has 6 nitrogen and oxygen atoms in total. The minimum Gasteiger partial charge on any atom is -0.342 e. The van der Waals surface area contributed by atoms with E-state index in [9.17, 15) is 4.79 Å². The minimum atomic E-state index is 0.0500. The van der Waals surface area contributed by atoms with Gasteiger partial charge < -0.3 is 4.90 Å². The first-order chi connectivity index (χ1) is 13.0. The molecule has 7 heteroatoms. The van der Waals surface area contributed by atoms with Crippen LogP contribution in [0.2, 0.25) is 0 Å². The maximum atomic E-state index is 12.2. The molecule has 27 heavy (non-hydrogen) atoms. The molecule has 1 aliphatic rings. The second-order valence-corrected chi connectivity index (χ2v) is 7.82. The molecule has 1 aromatic carbocycles. The Morgan fingerprint density at radius 1 is 1.22 bits per heavy atom. The average Bonchev–Trinajstić information content (AvgIpc) is 3.23. The number of carbonyl (C=O) groups excluding carboxylic acids is 1. The number of hydrogen-bond acceptors (Lipinski definition) is 5. The number of nitrogens with zero attached hydrogens (tertiary/aromatic N) is 5. The van der Waals surface area contributed by atoms with E-state index in [1.807, 2.05) is 29.5 Å². The molecule has 1 unspecified atom stereocenters. The number of likely N-dealkylation sites (N-methyl/N-ethyl adjacent to an activating group) is 1. The van der Waals surface area contributed by atoms with E-state index in [4.69, 9.17) is 4.98 Å². The molecule has 0 bridgehead atoms. The first-order valence-electron chi connectivity index (χ1n) is 9.17. The van der Waals surface area contributed by atoms with Crippen molar-refractivity contribution in [2.75, 3.05) is 19.3 Å². The molecule has 2 aromatic heterocycles. The third-order valence-corrected chi connectivity index (χ3v) is 5.85. The molecule has 1 aliphatic heterocycles. The zero-order valence-corrected chi connectivity index (χ0v) is 16.9. The van der Waals surface area contributed by atoms with Gasteiger partial charge in [-0.25, -0.2) is 9.97 Å². The molecule has 3 heterocycles. The molecular formula is C20H23N5OS. The summed E-state index contributed by atoms with van der Waals surface area (Å²) in [6.45, 7) is 7.40. The van der Waals surface area contributed by atoms with Gasteiger partial charge in [0.25, 0.3) is 0 Å². The molecule has 0 aliphatic carbocycles. The maximum Gasteiger partial charge on any atom is 0.223 e. The SMILES string of the molecule is CCN1CC(c2nc(C)nn2-c2cc(C)c3ccc(SC)cc3n2)CC1=O. The van der Waals surface area contributed by atoms with Gasteiger partial charge in [-0.1, -0.05) is 6.07 Å². The number of aromatic nitrogens is 4. The predicted octanol–water partition coefficient (Wildman–Crippen LogP) is 3.49. The van der Waals surface area contributed by atoms with Gasteiger partial charge in [-0.3, -0.25) is 4.79 Å². The molecule has 4 rings (SSSR count). The predicted molar refractivity (Wildman–Crippen MR) is 108 cm³/mol. The fourth-order valence-corrected chi connectivity index (χ4v) is 4.15. The Hall–Kier alpha value is -2.41. The van der Waals surface area contributed by atoms with Crippen molar-refractivity contribution in [2.45, 2.75) is 38.0 Å². The Kier molecular flexibility index (Phi) is 4.63. The van der Waals surface area contributed by atoms with Crippen molar-refractivity contribution in [2.24, 2.45) is 0 Å². The molecule has 1 amide bonds. The van der Waals surface area contributed by atoms with Gasteiger partial charge >= 0.3 is 0 Å². The number of likely N-dealkylation sites (tertiary alicyclic amines) is 1. The zero-order valence-electron chi connectivity index (χ0n) is 16.1. The second kappa shape index (κ2) is 6.96. The number of benzene rings is 1. The second-order valence-electron chi connectivity index (χ2n) is 6.94. The van der Waals surface area contributed by atoms with E-state index in [2.05, 4.69) is 41.5 Å². The number of rotatable bonds is 4. The number of carbonyl (C=O) groups is 1. The van der Waals surface area contributed by atoms with Crippen molar-refractivity contribution in [1.82, 2.24) is 24.6 Å². The normalized spacial score (nSPS) is 17.3. The molecule has 0 saturated carbocycles. The fourth-order valence-electron chi connectivity index (χ4n) is 3.71. The number of aryl methyl sites for hydroxylation is 2. The molecule has 3 aromatic rings. The Bertz CT molecular complexity index is 1030. The van der Waals surface area contributed by atoms with E-state index in [1.165, 1.54) is 4.90 Å². The monoisotopic (exact) mass is 381 g/mol. The van der Waals surface area contributed by atoms with E-state index >= 15 is 0 Å². The van der Waals surface area contributed by atoms with Gasteiger partial charge in [-0.15, -0.1) is 16.9 Å². The maximum absolute atomic E-state index is 12.2. The van der Waals surface area contributed by atoms with E-state index in [0.29, 0.717) is 18.8 Å². The van der Waals surface area contributed by atoms with E-state index in [-0.39, 0.29) is 11.8 Å². The van der Waals surface area contributed by atoms with Gasteiger partial charge in [0, 0.05) is 35.7 Å². The lowest BCUT2D eigenvalue weighted by atomic mass is 10.1. The van der Waals surface area contributed by atoms with Gasteiger partial charge in [0.1, 0.15) is 11.6 Å². The van der Waals surface area contributed by atoms with Crippen molar-refractivity contribution in [3.8, 4) is 5.82 Å². The lowest BCUT2D eigenvalue weighted by molar-refractivity contribution is -0.127. The molecule has 0 spiro atoms. The zero-order chi connectivity index (χ0) is 19.1. The highest BCUT2D eigenvalue weighted by molar-refractivity contribution is 7.98. The minimum absolute atomic E-state index is 0.0500. The van der Waals surface area contributed by atoms with Crippen LogP contribution in [0.1, 0.15) is 36.5 Å². The third kappa shape index (κ3) is 3.20. The topological polar surface area (TPSA) is 63.9 Å². The standard InChI is InChI=1S/C20H23N5OS/c1-5-24-11-14(9-19(24)26)20-21-13(3)23-25(20)18-8-12(2)16-7-6-15(27-4)10-17(16)22-18/h6-8,10,14H,5,9,11H2,1-4H3. The Morgan fingerprint density at radius 3 is 2.74 bits per heavy atom. The van der Waals surface area contributed by atoms with Crippen LogP contribution in [0.4, 0.5) is 0 Å². The average molecular weight is 382 g/mol. The van der Waals surface area contributed by atoms with Crippen LogP contribution in [-0.4, -0.2) is 49.9 Å². The highest BCUT2D eigenvalue weighted by Gasteiger charge is 2.33. The van der Waals surface area contributed by atoms with Gasteiger partial charge in [0.2, 0.25) is 5.91 Å². The summed E-state index contributed by atoms with van der Waals surface area (Å²) in [5, 5.41) is 5.74. The number of pyridine rings is 1. The smallest absolute Gasteiger partial charge is 0.223 e. The van der Waals surface area contributed by atoms with Crippen LogP contribution in [-0.2, 0) is 4.79 Å². The molecular weight excluding hydrogens is 358 g/mol. The van der Waals surface area contributed by atoms with Crippen LogP contribution >= 0.6 is 11.8 Å². The van der Waals surface area contributed by atoms with Crippen molar-refractivity contribution in [3.05, 3.63) is 41.5 Å². The van der Waals surface area contributed by atoms with Gasteiger partial charge in [-0.05, 0) is 50.8 Å². The van der Waals surface area contributed by atoms with E-state index in [0.717, 1.165) is 34.7 Å². The van der Waals surface area contributed by atoms with Crippen molar-refractivity contribution in [3.63, 3.8) is 0 Å². The van der Waals surface area contributed by atoms with Crippen LogP contribution < -0.4 is 0 Å². The Balaban J connectivity index is 1.81. The quantitative estimate of drug-likeness (QED) is 0.647. The summed E-state index contributed by atoms with van der Waals surface area (Å²) >= 11 is 1.70. The highest BCUT2D eigenvalue weighted by atomic mass is 32.2. The lowest BCUT2D eigenvalue weighted by Crippen LogP contribution is -2.24. The molecule has 1 atom stereocenters. The summed E-state index contributed by atoms with van der Waals surface area (Å²) in [6, 6.07) is 8.40. The van der Waals surface area contributed by atoms with Crippen molar-refractivity contribution < 1.29 is 4.79 Å². The van der Waals surface area contributed by atoms with Crippen LogP contribution in [0.15, 0.2) is 29.2 Å². The lowest BCUT2D eigenvalue weighted by Gasteiger charge is -2.14. The van der Waals surface area contributed by atoms with Crippen LogP contribution in [0.3, 0.4) is 0 Å². The Morgan fingerprint density at radius 2 is 2.04 bits per heavy atom. The third-order valence-electron chi connectivity index (χ3n) is 5.13. The largest absolute Gasteiger partial charge is 0.342 e. The van der Waals surface area contributed by atoms with Crippen molar-refractivity contribution >= 4 is 28.6 Å². The summed E-state index contributed by atoms with van der Waals surface area (Å²) in [7, 11) is 0. The van der Waals surface area contributed by atoms with Crippen LogP contribution in [0, 0.1) is 13.8 Å². The summed E-state index contributed by atoms with van der Waals surface area (Å²) in [6.07, 6.45) is 2.54. The molecule has 0 N–H and O–H groups in total. The van der Waals surface area contributed by atoms with Gasteiger partial charge in [-0.2, -0.15) is 4.68 Å². The molecule has 1 saturated heterocycles. The number of thioether (sulfide) groups is 1. The van der Waals surface area contributed by atoms with Crippen LogP contribution in [0.25, 0.3) is 16.7 Å². The number of fused-ring (bicyclic) bond motifs is 1. The molecule has 1 fully saturated rings. The Labute approximate surface area is 163 Å². The van der Waals surface area contributed by atoms with Crippen LogP contribution in [0.5, 0.6) is 0 Å². The number of hydrogen-bond donors (Lipinski definition) is 0. The van der Waals surface area contributed by atoms with E-state index in [1.54, 1.807) is 11.8 Å². The first-order valence-corrected chi connectivity index (χ1v) is 10.4. The highest BCUT2D eigenvalue weighted by Crippen LogP contribution is 2.30.